The van der Waals surface area contributed by atoms with Crippen LogP contribution in [0.4, 0.5) is 10.1 Å². The second kappa shape index (κ2) is 7.32. The molecule has 0 amide bonds. The lowest BCUT2D eigenvalue weighted by Gasteiger charge is -2.28. The van der Waals surface area contributed by atoms with Crippen LogP contribution in [0.1, 0.15) is 35.7 Å². The Morgan fingerprint density at radius 2 is 2.13 bits per heavy atom. The third-order valence-electron chi connectivity index (χ3n) is 6.74. The van der Waals surface area contributed by atoms with E-state index in [1.807, 2.05) is 16.5 Å². The van der Waals surface area contributed by atoms with Gasteiger partial charge >= 0.3 is 5.97 Å². The van der Waals surface area contributed by atoms with Crippen LogP contribution in [0.15, 0.2) is 24.4 Å². The molecule has 3 aliphatic rings. The molecule has 3 unspecified atom stereocenters. The van der Waals surface area contributed by atoms with Crippen LogP contribution >= 0.6 is 23.8 Å². The van der Waals surface area contributed by atoms with Crippen LogP contribution in [0, 0.1) is 22.2 Å². The van der Waals surface area contributed by atoms with E-state index in [0.29, 0.717) is 46.0 Å². The summed E-state index contributed by atoms with van der Waals surface area (Å²) in [6.07, 6.45) is 8.86. The Morgan fingerprint density at radius 1 is 1.37 bits per heavy atom. The van der Waals surface area contributed by atoms with Gasteiger partial charge in [-0.2, -0.15) is 0 Å². The summed E-state index contributed by atoms with van der Waals surface area (Å²) in [5.41, 5.74) is 1.05. The van der Waals surface area contributed by atoms with E-state index in [-0.39, 0.29) is 16.1 Å². The van der Waals surface area contributed by atoms with E-state index in [9.17, 15) is 9.90 Å². The third-order valence-corrected chi connectivity index (χ3v) is 7.54. The summed E-state index contributed by atoms with van der Waals surface area (Å²) in [4.78, 5) is 13.7. The Bertz CT molecular complexity index is 1140. The molecule has 0 bridgehead atoms. The first-order valence-electron chi connectivity index (χ1n) is 10.3. The molecule has 5 rings (SSSR count). The molecular formula is C22H23ClFN3O2S. The van der Waals surface area contributed by atoms with E-state index in [4.69, 9.17) is 23.8 Å². The molecule has 0 radical (unpaired) electrons. The number of anilines is 1. The molecular weight excluding hydrogens is 425 g/mol. The molecule has 2 N–H and O–H groups in total. The second-order valence-electron chi connectivity index (χ2n) is 8.52. The number of aromatic nitrogens is 1. The van der Waals surface area contributed by atoms with Crippen molar-refractivity contribution < 1.29 is 14.3 Å². The van der Waals surface area contributed by atoms with E-state index in [0.717, 1.165) is 25.8 Å². The number of halogens is 2. The molecule has 30 heavy (non-hydrogen) atoms. The van der Waals surface area contributed by atoms with Gasteiger partial charge in [0.1, 0.15) is 5.82 Å². The lowest BCUT2D eigenvalue weighted by atomic mass is 9.83. The lowest BCUT2D eigenvalue weighted by molar-refractivity contribution is 0.0695. The number of nitrogens with zero attached hydrogens (tertiary/aromatic N) is 2. The van der Waals surface area contributed by atoms with Crippen molar-refractivity contribution >= 4 is 46.4 Å². The minimum absolute atomic E-state index is 0.0156. The fraction of sp³-hybridized carbons (Fsp3) is 0.455. The highest BCUT2D eigenvalue weighted by Crippen LogP contribution is 2.45. The van der Waals surface area contributed by atoms with E-state index < -0.39 is 11.8 Å². The summed E-state index contributed by atoms with van der Waals surface area (Å²) < 4.78 is 17.4. The highest BCUT2D eigenvalue weighted by Gasteiger charge is 2.39. The minimum Gasteiger partial charge on any atom is -0.478 e. The van der Waals surface area contributed by atoms with Gasteiger partial charge in [0.15, 0.2) is 0 Å². The van der Waals surface area contributed by atoms with Crippen molar-refractivity contribution in [1.82, 2.24) is 9.88 Å². The van der Waals surface area contributed by atoms with Crippen molar-refractivity contribution in [2.75, 3.05) is 25.0 Å². The number of pyridine rings is 1. The van der Waals surface area contributed by atoms with Crippen molar-refractivity contribution in [3.8, 4) is 0 Å². The van der Waals surface area contributed by atoms with Gasteiger partial charge in [0.25, 0.3) is 0 Å². The number of hydrogen-bond donors (Lipinski definition) is 2. The van der Waals surface area contributed by atoms with E-state index in [1.54, 1.807) is 6.20 Å². The fourth-order valence-corrected chi connectivity index (χ4v) is 5.79. The number of carbonyl (C=O) groups is 1. The Morgan fingerprint density at radius 3 is 2.80 bits per heavy atom. The summed E-state index contributed by atoms with van der Waals surface area (Å²) in [5, 5.41) is 13.7. The molecule has 1 aliphatic heterocycles. The van der Waals surface area contributed by atoms with Crippen LogP contribution in [0.2, 0.25) is 5.02 Å². The molecule has 2 heterocycles. The lowest BCUT2D eigenvalue weighted by Crippen LogP contribution is -2.39. The number of rotatable bonds is 4. The number of benzene rings is 1. The van der Waals surface area contributed by atoms with Gasteiger partial charge in [-0.3, -0.25) is 0 Å². The Kier molecular flexibility index (Phi) is 4.87. The van der Waals surface area contributed by atoms with Crippen LogP contribution in [0.25, 0.3) is 10.9 Å². The van der Waals surface area contributed by atoms with E-state index >= 15 is 4.39 Å². The Balaban J connectivity index is 1.67. The molecule has 2 fully saturated rings. The van der Waals surface area contributed by atoms with E-state index in [1.165, 1.54) is 6.07 Å². The summed E-state index contributed by atoms with van der Waals surface area (Å²) in [5.74, 6) is -0.815. The predicted molar refractivity (Wildman–Crippen MR) is 119 cm³/mol. The van der Waals surface area contributed by atoms with Crippen LogP contribution in [0.5, 0.6) is 0 Å². The zero-order chi connectivity index (χ0) is 21.2. The highest BCUT2D eigenvalue weighted by atomic mass is 35.5. The minimum atomic E-state index is -1.11. The molecule has 1 aromatic heterocycles. The molecule has 8 heteroatoms. The van der Waals surface area contributed by atoms with Crippen LogP contribution in [-0.4, -0.2) is 41.8 Å². The Hall–Kier alpha value is -1.96. The summed E-state index contributed by atoms with van der Waals surface area (Å²) in [6.45, 7) is 1.43. The normalized spacial score (nSPS) is 25.7. The Labute approximate surface area is 184 Å². The fourth-order valence-electron chi connectivity index (χ4n) is 5.09. The average molecular weight is 448 g/mol. The summed E-state index contributed by atoms with van der Waals surface area (Å²) in [7, 11) is 1.97. The third kappa shape index (κ3) is 3.06. The number of carboxylic acid groups (broad SMARTS) is 1. The van der Waals surface area contributed by atoms with Crippen molar-refractivity contribution in [3.63, 3.8) is 0 Å². The highest BCUT2D eigenvalue weighted by molar-refractivity contribution is 7.71. The molecule has 0 spiro atoms. The first kappa shape index (κ1) is 20.0. The number of fused-ring (bicyclic) bond motifs is 2. The number of nitrogens with one attached hydrogen (secondary N) is 1. The molecule has 5 nitrogen and oxygen atoms in total. The first-order valence-corrected chi connectivity index (χ1v) is 11.1. The largest absolute Gasteiger partial charge is 0.478 e. The topological polar surface area (TPSA) is 57.5 Å². The molecule has 1 saturated carbocycles. The van der Waals surface area contributed by atoms with Crippen LogP contribution in [0.3, 0.4) is 0 Å². The standard InChI is InChI=1S/C22H23ClFN3O2S/c1-25-17-4-2-3-11-8-26(9-14(11)17)20-16(24)7-13-19(18(20)23)27(12-5-6-12)10-15(21(13)30)22(28)29/h2-3,7,10-12,14,17,25H,4-6,8-9H2,1H3,(H,28,29). The zero-order valence-electron chi connectivity index (χ0n) is 16.6. The number of carboxylic acids is 1. The van der Waals surface area contributed by atoms with Gasteiger partial charge in [0.2, 0.25) is 0 Å². The molecule has 2 aliphatic carbocycles. The van der Waals surface area contributed by atoms with Gasteiger partial charge < -0.3 is 19.9 Å². The maximum atomic E-state index is 15.4. The second-order valence-corrected chi connectivity index (χ2v) is 9.31. The predicted octanol–water partition coefficient (Wildman–Crippen LogP) is 4.80. The zero-order valence-corrected chi connectivity index (χ0v) is 18.1. The van der Waals surface area contributed by atoms with Crippen molar-refractivity contribution in [2.45, 2.75) is 31.3 Å². The van der Waals surface area contributed by atoms with Gasteiger partial charge in [-0.15, -0.1) is 0 Å². The molecule has 158 valence electrons. The number of aromatic carboxylic acids is 1. The average Bonchev–Trinajstić information content (AvgIpc) is 3.46. The van der Waals surface area contributed by atoms with Crippen molar-refractivity contribution in [3.05, 3.63) is 45.3 Å². The maximum absolute atomic E-state index is 15.4. The first-order chi connectivity index (χ1) is 14.4. The quantitative estimate of drug-likeness (QED) is 0.521. The summed E-state index contributed by atoms with van der Waals surface area (Å²) >= 11 is 12.2. The SMILES string of the molecule is CNC1CC=CC2CN(c3c(F)cc4c(=S)c(C(=O)O)cn(C5CC5)c4c3Cl)CC21. The van der Waals surface area contributed by atoms with Crippen molar-refractivity contribution in [2.24, 2.45) is 11.8 Å². The molecule has 3 atom stereocenters. The monoisotopic (exact) mass is 447 g/mol. The van der Waals surface area contributed by atoms with E-state index in [2.05, 4.69) is 17.5 Å². The molecule has 1 aromatic carbocycles. The smallest absolute Gasteiger partial charge is 0.338 e. The number of hydrogen-bond acceptors (Lipinski definition) is 4. The van der Waals surface area contributed by atoms with Crippen LogP contribution in [-0.2, 0) is 0 Å². The molecule has 1 saturated heterocycles. The van der Waals surface area contributed by atoms with Gasteiger partial charge in [-0.05, 0) is 38.3 Å². The maximum Gasteiger partial charge on any atom is 0.338 e. The van der Waals surface area contributed by atoms with Gasteiger partial charge in [0.05, 0.1) is 26.3 Å². The van der Waals surface area contributed by atoms with Gasteiger partial charge in [-0.1, -0.05) is 36.0 Å². The van der Waals surface area contributed by atoms with Crippen molar-refractivity contribution in [1.29, 1.82) is 0 Å². The van der Waals surface area contributed by atoms with Crippen LogP contribution < -0.4 is 10.2 Å². The van der Waals surface area contributed by atoms with Gasteiger partial charge in [-0.25, -0.2) is 9.18 Å². The molecule has 2 aromatic rings. The van der Waals surface area contributed by atoms with Gasteiger partial charge in [0, 0.05) is 42.7 Å². The summed E-state index contributed by atoms with van der Waals surface area (Å²) in [6, 6.07) is 1.91.